The summed E-state index contributed by atoms with van der Waals surface area (Å²) in [5.74, 6) is 0.282. The molecule has 0 aromatic carbocycles. The lowest BCUT2D eigenvalue weighted by Gasteiger charge is -2.13. The first-order chi connectivity index (χ1) is 8.18. The molecule has 1 N–H and O–H groups in total. The SMILES string of the molecule is O=S(=O)(CCNCC1CCCO1)C1CCCC1. The van der Waals surface area contributed by atoms with Crippen LogP contribution >= 0.6 is 0 Å². The van der Waals surface area contributed by atoms with Gasteiger partial charge in [0, 0.05) is 19.7 Å². The first kappa shape index (κ1) is 13.3. The molecule has 0 aromatic heterocycles. The van der Waals surface area contributed by atoms with Gasteiger partial charge in [-0.05, 0) is 25.7 Å². The van der Waals surface area contributed by atoms with Crippen molar-refractivity contribution in [2.45, 2.75) is 49.9 Å². The van der Waals surface area contributed by atoms with Crippen molar-refractivity contribution in [2.75, 3.05) is 25.4 Å². The predicted octanol–water partition coefficient (Wildman–Crippen LogP) is 1.11. The molecule has 1 heterocycles. The van der Waals surface area contributed by atoms with Gasteiger partial charge >= 0.3 is 0 Å². The summed E-state index contributed by atoms with van der Waals surface area (Å²) in [6.45, 7) is 2.21. The zero-order valence-corrected chi connectivity index (χ0v) is 11.2. The minimum Gasteiger partial charge on any atom is -0.377 e. The molecule has 2 rings (SSSR count). The second-order valence-electron chi connectivity index (χ2n) is 5.11. The van der Waals surface area contributed by atoms with Crippen LogP contribution in [0.3, 0.4) is 0 Å². The maximum atomic E-state index is 12.0. The van der Waals surface area contributed by atoms with Crippen molar-refractivity contribution < 1.29 is 13.2 Å². The molecular formula is C12H23NO3S. The summed E-state index contributed by atoms with van der Waals surface area (Å²) >= 11 is 0. The van der Waals surface area contributed by atoms with Gasteiger partial charge in [0.1, 0.15) is 0 Å². The van der Waals surface area contributed by atoms with Crippen molar-refractivity contribution in [3.63, 3.8) is 0 Å². The van der Waals surface area contributed by atoms with Gasteiger partial charge in [-0.15, -0.1) is 0 Å². The van der Waals surface area contributed by atoms with Crippen LogP contribution in [0.2, 0.25) is 0 Å². The van der Waals surface area contributed by atoms with Gasteiger partial charge in [-0.25, -0.2) is 8.42 Å². The largest absolute Gasteiger partial charge is 0.377 e. The number of hydrogen-bond acceptors (Lipinski definition) is 4. The third-order valence-corrected chi connectivity index (χ3v) is 6.03. The molecule has 1 aliphatic carbocycles. The molecule has 1 saturated heterocycles. The highest BCUT2D eigenvalue weighted by atomic mass is 32.2. The highest BCUT2D eigenvalue weighted by Crippen LogP contribution is 2.24. The van der Waals surface area contributed by atoms with Gasteiger partial charge in [0.15, 0.2) is 9.84 Å². The summed E-state index contributed by atoms with van der Waals surface area (Å²) in [6, 6.07) is 0. The lowest BCUT2D eigenvalue weighted by Crippen LogP contribution is -2.33. The number of hydrogen-bond donors (Lipinski definition) is 1. The van der Waals surface area contributed by atoms with E-state index in [4.69, 9.17) is 4.74 Å². The monoisotopic (exact) mass is 261 g/mol. The molecule has 0 amide bonds. The molecule has 1 saturated carbocycles. The molecule has 1 atom stereocenters. The Bertz CT molecular complexity index is 317. The summed E-state index contributed by atoms with van der Waals surface area (Å²) in [5, 5.41) is 3.14. The smallest absolute Gasteiger partial charge is 0.154 e. The Balaban J connectivity index is 1.63. The zero-order valence-electron chi connectivity index (χ0n) is 10.4. The summed E-state index contributed by atoms with van der Waals surface area (Å²) in [5.41, 5.74) is 0. The molecule has 4 nitrogen and oxygen atoms in total. The molecule has 0 spiro atoms. The van der Waals surface area contributed by atoms with Crippen LogP contribution in [0.15, 0.2) is 0 Å². The predicted molar refractivity (Wildman–Crippen MR) is 67.9 cm³/mol. The van der Waals surface area contributed by atoms with Crippen molar-refractivity contribution >= 4 is 9.84 Å². The standard InChI is InChI=1S/C12H23NO3S/c14-17(15,12-5-1-2-6-12)9-7-13-10-11-4-3-8-16-11/h11-13H,1-10H2. The van der Waals surface area contributed by atoms with Gasteiger partial charge in [-0.3, -0.25) is 0 Å². The second kappa shape index (κ2) is 6.16. The van der Waals surface area contributed by atoms with Crippen LogP contribution in [0.5, 0.6) is 0 Å². The van der Waals surface area contributed by atoms with Crippen LogP contribution in [-0.4, -0.2) is 45.2 Å². The van der Waals surface area contributed by atoms with Gasteiger partial charge in [0.05, 0.1) is 17.1 Å². The fourth-order valence-corrected chi connectivity index (χ4v) is 4.51. The second-order valence-corrected chi connectivity index (χ2v) is 7.51. The quantitative estimate of drug-likeness (QED) is 0.728. The van der Waals surface area contributed by atoms with Crippen molar-refractivity contribution in [3.05, 3.63) is 0 Å². The van der Waals surface area contributed by atoms with Gasteiger partial charge in [-0.2, -0.15) is 0 Å². The minimum atomic E-state index is -2.86. The third-order valence-electron chi connectivity index (χ3n) is 3.77. The van der Waals surface area contributed by atoms with E-state index in [9.17, 15) is 8.42 Å². The van der Waals surface area contributed by atoms with E-state index in [1.54, 1.807) is 0 Å². The van der Waals surface area contributed by atoms with Crippen LogP contribution in [0.1, 0.15) is 38.5 Å². The van der Waals surface area contributed by atoms with Gasteiger partial charge < -0.3 is 10.1 Å². The highest BCUT2D eigenvalue weighted by molar-refractivity contribution is 7.92. The van der Waals surface area contributed by atoms with Crippen LogP contribution in [0, 0.1) is 0 Å². The van der Waals surface area contributed by atoms with E-state index in [1.807, 2.05) is 0 Å². The maximum absolute atomic E-state index is 12.0. The molecule has 2 aliphatic rings. The van der Waals surface area contributed by atoms with Crippen LogP contribution in [0.4, 0.5) is 0 Å². The van der Waals surface area contributed by atoms with E-state index in [0.717, 1.165) is 51.7 Å². The van der Waals surface area contributed by atoms with Crippen molar-refractivity contribution in [2.24, 2.45) is 0 Å². The molecular weight excluding hydrogens is 238 g/mol. The fraction of sp³-hybridized carbons (Fsp3) is 1.00. The number of rotatable bonds is 6. The van der Waals surface area contributed by atoms with Gasteiger partial charge in [0.2, 0.25) is 0 Å². The topological polar surface area (TPSA) is 55.4 Å². The van der Waals surface area contributed by atoms with Crippen LogP contribution in [-0.2, 0) is 14.6 Å². The van der Waals surface area contributed by atoms with E-state index in [-0.39, 0.29) is 11.0 Å². The fourth-order valence-electron chi connectivity index (χ4n) is 2.70. The van der Waals surface area contributed by atoms with Gasteiger partial charge in [0.25, 0.3) is 0 Å². The molecule has 0 bridgehead atoms. The van der Waals surface area contributed by atoms with Crippen molar-refractivity contribution in [1.29, 1.82) is 0 Å². The molecule has 1 aliphatic heterocycles. The Labute approximate surface area is 104 Å². The van der Waals surface area contributed by atoms with E-state index in [2.05, 4.69) is 5.32 Å². The Morgan fingerprint density at radius 2 is 1.88 bits per heavy atom. The molecule has 1 unspecified atom stereocenters. The highest BCUT2D eigenvalue weighted by Gasteiger charge is 2.28. The summed E-state index contributed by atoms with van der Waals surface area (Å²) in [6.07, 6.45) is 6.42. The van der Waals surface area contributed by atoms with E-state index in [0.29, 0.717) is 12.6 Å². The number of sulfone groups is 1. The van der Waals surface area contributed by atoms with Crippen LogP contribution in [0.25, 0.3) is 0 Å². The number of ether oxygens (including phenoxy) is 1. The van der Waals surface area contributed by atoms with E-state index < -0.39 is 9.84 Å². The average molecular weight is 261 g/mol. The molecule has 2 fully saturated rings. The van der Waals surface area contributed by atoms with Crippen molar-refractivity contribution in [3.8, 4) is 0 Å². The first-order valence-electron chi connectivity index (χ1n) is 6.72. The molecule has 100 valence electrons. The summed E-state index contributed by atoms with van der Waals surface area (Å²) in [4.78, 5) is 0. The number of nitrogens with one attached hydrogen (secondary N) is 1. The summed E-state index contributed by atoms with van der Waals surface area (Å²) in [7, 11) is -2.86. The molecule has 17 heavy (non-hydrogen) atoms. The van der Waals surface area contributed by atoms with Crippen molar-refractivity contribution in [1.82, 2.24) is 5.32 Å². The normalized spacial score (nSPS) is 26.7. The Morgan fingerprint density at radius 3 is 2.53 bits per heavy atom. The molecule has 0 aromatic rings. The van der Waals surface area contributed by atoms with Crippen LogP contribution < -0.4 is 5.32 Å². The van der Waals surface area contributed by atoms with E-state index >= 15 is 0 Å². The molecule has 5 heteroatoms. The van der Waals surface area contributed by atoms with Gasteiger partial charge in [-0.1, -0.05) is 12.8 Å². The lowest BCUT2D eigenvalue weighted by molar-refractivity contribution is 0.110. The third kappa shape index (κ3) is 3.93. The Hall–Kier alpha value is -0.130. The average Bonchev–Trinajstić information content (AvgIpc) is 2.97. The Kier molecular flexibility index (Phi) is 4.82. The maximum Gasteiger partial charge on any atom is 0.154 e. The first-order valence-corrected chi connectivity index (χ1v) is 8.44. The summed E-state index contributed by atoms with van der Waals surface area (Å²) < 4.78 is 29.4. The Morgan fingerprint density at radius 1 is 1.12 bits per heavy atom. The zero-order chi connectivity index (χ0) is 12.1. The lowest BCUT2D eigenvalue weighted by atomic mass is 10.2. The molecule has 0 radical (unpaired) electrons. The minimum absolute atomic E-state index is 0.0629. The van der Waals surface area contributed by atoms with E-state index in [1.165, 1.54) is 0 Å².